The molecule has 0 aromatic rings. The zero-order chi connectivity index (χ0) is 13.6. The molecule has 0 radical (unpaired) electrons. The largest absolute Gasteiger partial charge is 0.392 e. The average Bonchev–Trinajstić information content (AvgIpc) is 2.78. The van der Waals surface area contributed by atoms with Gasteiger partial charge in [0.1, 0.15) is 0 Å². The minimum atomic E-state index is -0.640. The predicted octanol–water partition coefficient (Wildman–Crippen LogP) is 0.605. The van der Waals surface area contributed by atoms with Crippen molar-refractivity contribution < 1.29 is 9.59 Å². The SMILES string of the molecule is NC(=O)CCCCNC(=O)C1(C(N)=S)CCCC1. The standard InChI is InChI=1S/C12H21N3O2S/c13-9(16)5-1-4-8-15-11(17)12(10(14)18)6-2-3-7-12/h1-8H2,(H2,13,16)(H2,14,18)(H,15,17). The molecule has 1 saturated carbocycles. The Bertz CT molecular complexity index is 338. The smallest absolute Gasteiger partial charge is 0.233 e. The minimum absolute atomic E-state index is 0.0634. The lowest BCUT2D eigenvalue weighted by molar-refractivity contribution is -0.127. The molecule has 0 atom stereocenters. The van der Waals surface area contributed by atoms with Crippen LogP contribution in [0.1, 0.15) is 44.9 Å². The topological polar surface area (TPSA) is 98.2 Å². The fraction of sp³-hybridized carbons (Fsp3) is 0.750. The van der Waals surface area contributed by atoms with Crippen LogP contribution in [0, 0.1) is 5.41 Å². The summed E-state index contributed by atoms with van der Waals surface area (Å²) >= 11 is 5.04. The number of hydrogen-bond donors (Lipinski definition) is 3. The van der Waals surface area contributed by atoms with E-state index >= 15 is 0 Å². The minimum Gasteiger partial charge on any atom is -0.392 e. The molecule has 5 N–H and O–H groups in total. The molecule has 18 heavy (non-hydrogen) atoms. The highest BCUT2D eigenvalue weighted by atomic mass is 32.1. The van der Waals surface area contributed by atoms with E-state index in [4.69, 9.17) is 23.7 Å². The van der Waals surface area contributed by atoms with Gasteiger partial charge in [-0.05, 0) is 25.7 Å². The molecule has 0 saturated heterocycles. The first-order valence-corrected chi connectivity index (χ1v) is 6.76. The van der Waals surface area contributed by atoms with Crippen molar-refractivity contribution in [3.63, 3.8) is 0 Å². The van der Waals surface area contributed by atoms with Crippen LogP contribution in [-0.4, -0.2) is 23.3 Å². The Morgan fingerprint density at radius 3 is 2.28 bits per heavy atom. The Balaban J connectivity index is 2.35. The van der Waals surface area contributed by atoms with E-state index in [1.165, 1.54) is 0 Å². The summed E-state index contributed by atoms with van der Waals surface area (Å²) in [6, 6.07) is 0. The molecule has 0 aromatic heterocycles. The number of nitrogens with one attached hydrogen (secondary N) is 1. The van der Waals surface area contributed by atoms with Gasteiger partial charge >= 0.3 is 0 Å². The first-order valence-electron chi connectivity index (χ1n) is 6.35. The van der Waals surface area contributed by atoms with Crippen LogP contribution in [0.3, 0.4) is 0 Å². The van der Waals surface area contributed by atoms with Gasteiger partial charge in [0.25, 0.3) is 0 Å². The Morgan fingerprint density at radius 2 is 1.78 bits per heavy atom. The van der Waals surface area contributed by atoms with Gasteiger partial charge in [0, 0.05) is 13.0 Å². The van der Waals surface area contributed by atoms with E-state index in [0.29, 0.717) is 24.4 Å². The van der Waals surface area contributed by atoms with E-state index in [0.717, 1.165) is 32.1 Å². The van der Waals surface area contributed by atoms with Gasteiger partial charge in [-0.15, -0.1) is 0 Å². The molecule has 0 unspecified atom stereocenters. The lowest BCUT2D eigenvalue weighted by Gasteiger charge is -2.26. The number of primary amides is 1. The van der Waals surface area contributed by atoms with Crippen molar-refractivity contribution in [1.82, 2.24) is 5.32 Å². The first kappa shape index (κ1) is 14.9. The second-order valence-corrected chi connectivity index (χ2v) is 5.27. The molecule has 6 heteroatoms. The van der Waals surface area contributed by atoms with Crippen molar-refractivity contribution >= 4 is 29.0 Å². The summed E-state index contributed by atoms with van der Waals surface area (Å²) in [7, 11) is 0. The molecule has 2 amide bonds. The zero-order valence-corrected chi connectivity index (χ0v) is 11.4. The maximum atomic E-state index is 12.1. The number of amides is 2. The normalized spacial score (nSPS) is 17.3. The van der Waals surface area contributed by atoms with E-state index in [1.54, 1.807) is 0 Å². The number of thiocarbonyl (C=S) groups is 1. The fourth-order valence-electron chi connectivity index (χ4n) is 2.36. The lowest BCUT2D eigenvalue weighted by Crippen LogP contribution is -2.47. The molecular formula is C12H21N3O2S. The third kappa shape index (κ3) is 3.66. The number of nitrogens with two attached hydrogens (primary N) is 2. The van der Waals surface area contributed by atoms with E-state index in [1.807, 2.05) is 0 Å². The van der Waals surface area contributed by atoms with Gasteiger partial charge in [-0.3, -0.25) is 9.59 Å². The molecule has 0 aromatic carbocycles. The highest BCUT2D eigenvalue weighted by Gasteiger charge is 2.43. The van der Waals surface area contributed by atoms with E-state index < -0.39 is 5.41 Å². The van der Waals surface area contributed by atoms with Gasteiger partial charge in [0.05, 0.1) is 10.4 Å². The lowest BCUT2D eigenvalue weighted by atomic mass is 9.85. The van der Waals surface area contributed by atoms with Crippen LogP contribution in [0.2, 0.25) is 0 Å². The van der Waals surface area contributed by atoms with Crippen molar-refractivity contribution in [2.24, 2.45) is 16.9 Å². The Labute approximate surface area is 113 Å². The van der Waals surface area contributed by atoms with Gasteiger partial charge in [0.2, 0.25) is 11.8 Å². The summed E-state index contributed by atoms with van der Waals surface area (Å²) in [6.07, 6.45) is 5.26. The predicted molar refractivity (Wildman–Crippen MR) is 73.7 cm³/mol. The quantitative estimate of drug-likeness (QED) is 0.466. The van der Waals surface area contributed by atoms with E-state index in [2.05, 4.69) is 5.32 Å². The van der Waals surface area contributed by atoms with Crippen LogP contribution in [-0.2, 0) is 9.59 Å². The first-order chi connectivity index (χ1) is 8.49. The summed E-state index contributed by atoms with van der Waals surface area (Å²) < 4.78 is 0. The van der Waals surface area contributed by atoms with Gasteiger partial charge in [-0.25, -0.2) is 0 Å². The third-order valence-corrected chi connectivity index (χ3v) is 3.89. The summed E-state index contributed by atoms with van der Waals surface area (Å²) in [5.41, 5.74) is 10.1. The van der Waals surface area contributed by atoms with Crippen LogP contribution in [0.4, 0.5) is 0 Å². The Hall–Kier alpha value is -1.17. The van der Waals surface area contributed by atoms with Crippen LogP contribution in [0.5, 0.6) is 0 Å². The zero-order valence-electron chi connectivity index (χ0n) is 10.5. The van der Waals surface area contributed by atoms with Crippen molar-refractivity contribution in [2.75, 3.05) is 6.54 Å². The summed E-state index contributed by atoms with van der Waals surface area (Å²) in [4.78, 5) is 23.0. The number of rotatable bonds is 7. The summed E-state index contributed by atoms with van der Waals surface area (Å²) in [5, 5.41) is 2.86. The Kier molecular flexibility index (Phi) is 5.53. The van der Waals surface area contributed by atoms with Crippen molar-refractivity contribution in [3.05, 3.63) is 0 Å². The third-order valence-electron chi connectivity index (χ3n) is 3.50. The molecule has 0 aliphatic heterocycles. The second kappa shape index (κ2) is 6.68. The number of carbonyl (C=O) groups excluding carboxylic acids is 2. The number of unbranched alkanes of at least 4 members (excludes halogenated alkanes) is 1. The maximum Gasteiger partial charge on any atom is 0.233 e. The van der Waals surface area contributed by atoms with Crippen LogP contribution in [0.15, 0.2) is 0 Å². The van der Waals surface area contributed by atoms with Crippen molar-refractivity contribution in [1.29, 1.82) is 0 Å². The summed E-state index contributed by atoms with van der Waals surface area (Å²) in [5.74, 6) is -0.372. The number of carbonyl (C=O) groups is 2. The monoisotopic (exact) mass is 271 g/mol. The van der Waals surface area contributed by atoms with Crippen LogP contribution >= 0.6 is 12.2 Å². The molecule has 1 fully saturated rings. The van der Waals surface area contributed by atoms with Gasteiger partial charge in [-0.2, -0.15) is 0 Å². The molecule has 1 rings (SSSR count). The average molecular weight is 271 g/mol. The maximum absolute atomic E-state index is 12.1. The fourth-order valence-corrected chi connectivity index (χ4v) is 2.66. The van der Waals surface area contributed by atoms with Crippen molar-refractivity contribution in [2.45, 2.75) is 44.9 Å². The molecule has 1 aliphatic rings. The van der Waals surface area contributed by atoms with E-state index in [-0.39, 0.29) is 11.8 Å². The van der Waals surface area contributed by atoms with Crippen LogP contribution < -0.4 is 16.8 Å². The molecule has 0 spiro atoms. The molecule has 102 valence electrons. The number of hydrogen-bond acceptors (Lipinski definition) is 3. The molecule has 5 nitrogen and oxygen atoms in total. The second-order valence-electron chi connectivity index (χ2n) is 4.83. The highest BCUT2D eigenvalue weighted by Crippen LogP contribution is 2.38. The summed E-state index contributed by atoms with van der Waals surface area (Å²) in [6.45, 7) is 0.538. The Morgan fingerprint density at radius 1 is 1.17 bits per heavy atom. The molecule has 0 heterocycles. The molecule has 1 aliphatic carbocycles. The van der Waals surface area contributed by atoms with Crippen LogP contribution in [0.25, 0.3) is 0 Å². The van der Waals surface area contributed by atoms with Crippen molar-refractivity contribution in [3.8, 4) is 0 Å². The van der Waals surface area contributed by atoms with Gasteiger partial charge in [0.15, 0.2) is 0 Å². The van der Waals surface area contributed by atoms with Gasteiger partial charge in [-0.1, -0.05) is 25.1 Å². The van der Waals surface area contributed by atoms with Gasteiger partial charge < -0.3 is 16.8 Å². The molecular weight excluding hydrogens is 250 g/mol. The van der Waals surface area contributed by atoms with E-state index in [9.17, 15) is 9.59 Å². The highest BCUT2D eigenvalue weighted by molar-refractivity contribution is 7.80. The molecule has 0 bridgehead atoms.